The van der Waals surface area contributed by atoms with Gasteiger partial charge in [-0.1, -0.05) is 48.3 Å². The first kappa shape index (κ1) is 25.7. The van der Waals surface area contributed by atoms with Gasteiger partial charge in [0.15, 0.2) is 11.5 Å². The highest BCUT2D eigenvalue weighted by Gasteiger charge is 2.19. The molecule has 0 unspecified atom stereocenters. The molecule has 3 rings (SSSR count). The quantitative estimate of drug-likeness (QED) is 0.258. The van der Waals surface area contributed by atoms with E-state index in [1.165, 1.54) is 4.68 Å². The van der Waals surface area contributed by atoms with Crippen molar-refractivity contribution >= 4 is 60.6 Å². The summed E-state index contributed by atoms with van der Waals surface area (Å²) in [4.78, 5) is 18.1. The van der Waals surface area contributed by atoms with Crippen molar-refractivity contribution in [2.24, 2.45) is 5.10 Å². The van der Waals surface area contributed by atoms with Crippen molar-refractivity contribution in [1.82, 2.24) is 9.66 Å². The maximum absolute atomic E-state index is 13.3. The molecule has 3 aromatic rings. The third kappa shape index (κ3) is 5.44. The predicted octanol–water partition coefficient (Wildman–Crippen LogP) is 7.16. The Morgan fingerprint density at radius 2 is 1.94 bits per heavy atom. The van der Waals surface area contributed by atoms with E-state index in [4.69, 9.17) is 26.1 Å². The molecule has 0 radical (unpaired) electrons. The Morgan fingerprint density at radius 3 is 2.58 bits per heavy atom. The zero-order chi connectivity index (χ0) is 24.3. The minimum Gasteiger partial charge on any atom is -0.493 e. The van der Waals surface area contributed by atoms with Gasteiger partial charge in [0.25, 0.3) is 5.56 Å². The molecule has 0 aliphatic carbocycles. The zero-order valence-electron chi connectivity index (χ0n) is 19.2. The van der Waals surface area contributed by atoms with Gasteiger partial charge in [0, 0.05) is 20.4 Å². The largest absolute Gasteiger partial charge is 0.493 e. The van der Waals surface area contributed by atoms with Crippen molar-refractivity contribution < 1.29 is 9.47 Å². The molecule has 2 atom stereocenters. The van der Waals surface area contributed by atoms with Gasteiger partial charge in [0.1, 0.15) is 10.8 Å². The van der Waals surface area contributed by atoms with E-state index >= 15 is 0 Å². The summed E-state index contributed by atoms with van der Waals surface area (Å²) < 4.78 is 14.2. The molecule has 2 aromatic carbocycles. The summed E-state index contributed by atoms with van der Waals surface area (Å²) in [6, 6.07) is 7.24. The van der Waals surface area contributed by atoms with Crippen LogP contribution in [0, 0.1) is 0 Å². The SMILES string of the molecule is CC[C@H](C)Oc1c(OC)cc(C=Nn2c([C@@H](C)CC)nc3ccc(Br)cc3c2=O)c(Br)c1Cl. The number of rotatable bonds is 8. The number of hydrogen-bond donors (Lipinski definition) is 0. The van der Waals surface area contributed by atoms with Gasteiger partial charge < -0.3 is 9.47 Å². The number of benzene rings is 2. The van der Waals surface area contributed by atoms with Crippen molar-refractivity contribution in [2.75, 3.05) is 7.11 Å². The molecule has 0 spiro atoms. The van der Waals surface area contributed by atoms with E-state index in [1.54, 1.807) is 25.5 Å². The Morgan fingerprint density at radius 1 is 1.21 bits per heavy atom. The van der Waals surface area contributed by atoms with Gasteiger partial charge >= 0.3 is 0 Å². The summed E-state index contributed by atoms with van der Waals surface area (Å²) in [5.41, 5.74) is 1.05. The molecule has 33 heavy (non-hydrogen) atoms. The van der Waals surface area contributed by atoms with E-state index in [2.05, 4.69) is 37.0 Å². The lowest BCUT2D eigenvalue weighted by Crippen LogP contribution is -2.23. The van der Waals surface area contributed by atoms with Crippen molar-refractivity contribution in [3.8, 4) is 11.5 Å². The first-order valence-corrected chi connectivity index (χ1v) is 12.7. The van der Waals surface area contributed by atoms with Crippen LogP contribution in [0.2, 0.25) is 5.02 Å². The van der Waals surface area contributed by atoms with Gasteiger partial charge in [0.05, 0.1) is 30.3 Å². The van der Waals surface area contributed by atoms with E-state index in [-0.39, 0.29) is 17.6 Å². The van der Waals surface area contributed by atoms with Crippen LogP contribution in [-0.2, 0) is 0 Å². The molecule has 0 aliphatic rings. The molecule has 0 aliphatic heterocycles. The lowest BCUT2D eigenvalue weighted by molar-refractivity contribution is 0.207. The Kier molecular flexibility index (Phi) is 8.59. The highest BCUT2D eigenvalue weighted by Crippen LogP contribution is 2.42. The van der Waals surface area contributed by atoms with Crippen molar-refractivity contribution in [1.29, 1.82) is 0 Å². The monoisotopic (exact) mass is 597 g/mol. The minimum absolute atomic E-state index is 0.0255. The number of nitrogens with zero attached hydrogens (tertiary/aromatic N) is 3. The van der Waals surface area contributed by atoms with Crippen molar-refractivity contribution in [3.63, 3.8) is 0 Å². The first-order valence-electron chi connectivity index (χ1n) is 10.7. The fourth-order valence-corrected chi connectivity index (χ4v) is 4.15. The van der Waals surface area contributed by atoms with Crippen LogP contribution in [0.1, 0.15) is 57.8 Å². The summed E-state index contributed by atoms with van der Waals surface area (Å²) in [6.07, 6.45) is 3.19. The second-order valence-corrected chi connectivity index (χ2v) is 9.85. The molecule has 0 fully saturated rings. The molecule has 0 saturated heterocycles. The highest BCUT2D eigenvalue weighted by molar-refractivity contribution is 9.10. The Labute approximate surface area is 215 Å². The van der Waals surface area contributed by atoms with Gasteiger partial charge in [0.2, 0.25) is 0 Å². The van der Waals surface area contributed by atoms with Gasteiger partial charge in [-0.15, -0.1) is 0 Å². The van der Waals surface area contributed by atoms with Crippen LogP contribution in [-0.4, -0.2) is 29.1 Å². The van der Waals surface area contributed by atoms with E-state index < -0.39 is 0 Å². The fraction of sp³-hybridized carbons (Fsp3) is 0.375. The summed E-state index contributed by atoms with van der Waals surface area (Å²) in [7, 11) is 1.56. The first-order chi connectivity index (χ1) is 15.7. The van der Waals surface area contributed by atoms with Crippen LogP contribution in [0.15, 0.2) is 43.1 Å². The molecule has 1 heterocycles. The molecule has 0 saturated carbocycles. The summed E-state index contributed by atoms with van der Waals surface area (Å²) in [6.45, 7) is 8.07. The highest BCUT2D eigenvalue weighted by atomic mass is 79.9. The summed E-state index contributed by atoms with van der Waals surface area (Å²) in [5, 5.41) is 5.39. The van der Waals surface area contributed by atoms with Crippen LogP contribution >= 0.6 is 43.5 Å². The van der Waals surface area contributed by atoms with Gasteiger partial charge in [-0.05, 0) is 60.0 Å². The average Bonchev–Trinajstić information content (AvgIpc) is 2.81. The van der Waals surface area contributed by atoms with Crippen LogP contribution in [0.3, 0.4) is 0 Å². The zero-order valence-corrected chi connectivity index (χ0v) is 23.1. The predicted molar refractivity (Wildman–Crippen MR) is 141 cm³/mol. The topological polar surface area (TPSA) is 65.7 Å². The molecule has 0 N–H and O–H groups in total. The lowest BCUT2D eigenvalue weighted by atomic mass is 10.1. The van der Waals surface area contributed by atoms with Crippen LogP contribution < -0.4 is 15.0 Å². The summed E-state index contributed by atoms with van der Waals surface area (Å²) in [5.74, 6) is 1.59. The van der Waals surface area contributed by atoms with E-state index in [1.807, 2.05) is 39.8 Å². The van der Waals surface area contributed by atoms with Gasteiger partial charge in [-0.2, -0.15) is 9.78 Å². The van der Waals surface area contributed by atoms with Crippen LogP contribution in [0.5, 0.6) is 11.5 Å². The van der Waals surface area contributed by atoms with Crippen LogP contribution in [0.25, 0.3) is 10.9 Å². The van der Waals surface area contributed by atoms with Crippen molar-refractivity contribution in [3.05, 3.63) is 60.0 Å². The Bertz CT molecular complexity index is 1260. The second-order valence-electron chi connectivity index (χ2n) is 7.76. The fourth-order valence-electron chi connectivity index (χ4n) is 3.14. The smallest absolute Gasteiger partial charge is 0.282 e. The molecule has 0 amide bonds. The Hall–Kier alpha value is -1.90. The second kappa shape index (κ2) is 11.0. The van der Waals surface area contributed by atoms with E-state index in [9.17, 15) is 4.79 Å². The standard InChI is InChI=1S/C24H26Br2ClN3O3/c1-6-13(3)23-29-18-9-8-16(25)11-17(18)24(31)30(23)28-12-15-10-19(32-5)22(21(27)20(15)26)33-14(4)7-2/h8-14H,6-7H2,1-5H3/t13-,14-/m0/s1. The van der Waals surface area contributed by atoms with Gasteiger partial charge in [-0.3, -0.25) is 4.79 Å². The summed E-state index contributed by atoms with van der Waals surface area (Å²) >= 11 is 13.6. The third-order valence-electron chi connectivity index (χ3n) is 5.47. The molecule has 1 aromatic heterocycles. The maximum atomic E-state index is 13.3. The number of halogens is 3. The number of methoxy groups -OCH3 is 1. The number of aromatic nitrogens is 2. The molecule has 9 heteroatoms. The van der Waals surface area contributed by atoms with Crippen molar-refractivity contribution in [2.45, 2.75) is 52.6 Å². The van der Waals surface area contributed by atoms with Gasteiger partial charge in [-0.25, -0.2) is 4.98 Å². The number of fused-ring (bicyclic) bond motifs is 1. The number of hydrogen-bond acceptors (Lipinski definition) is 5. The average molecular weight is 600 g/mol. The molecule has 0 bridgehead atoms. The molecule has 176 valence electrons. The molecular weight excluding hydrogens is 574 g/mol. The van der Waals surface area contributed by atoms with E-state index in [0.29, 0.717) is 43.3 Å². The maximum Gasteiger partial charge on any atom is 0.282 e. The van der Waals surface area contributed by atoms with E-state index in [0.717, 1.165) is 17.3 Å². The lowest BCUT2D eigenvalue weighted by Gasteiger charge is -2.18. The Balaban J connectivity index is 2.16. The molecule has 6 nitrogen and oxygen atoms in total. The third-order valence-corrected chi connectivity index (χ3v) is 7.41. The number of ether oxygens (including phenoxy) is 2. The molecular formula is C24H26Br2ClN3O3. The van der Waals surface area contributed by atoms with Crippen LogP contribution in [0.4, 0.5) is 0 Å². The minimum atomic E-state index is -0.237. The normalized spacial score (nSPS) is 13.5.